The Hall–Kier alpha value is -1.62. The van der Waals surface area contributed by atoms with Gasteiger partial charge in [-0.25, -0.2) is 14.8 Å². The van der Waals surface area contributed by atoms with E-state index in [-0.39, 0.29) is 11.0 Å². The third-order valence-electron chi connectivity index (χ3n) is 1.95. The molecule has 0 saturated carbocycles. The van der Waals surface area contributed by atoms with Crippen LogP contribution in [0.5, 0.6) is 0 Å². The number of halogens is 1. The molecule has 0 aliphatic heterocycles. The fourth-order valence-electron chi connectivity index (χ4n) is 1.25. The van der Waals surface area contributed by atoms with Crippen LogP contribution in [0.4, 0.5) is 0 Å². The van der Waals surface area contributed by atoms with Crippen molar-refractivity contribution in [3.8, 4) is 0 Å². The molecule has 0 amide bonds. The average Bonchev–Trinajstić information content (AvgIpc) is 2.43. The van der Waals surface area contributed by atoms with Gasteiger partial charge in [-0.15, -0.1) is 0 Å². The molecule has 0 radical (unpaired) electrons. The Bertz CT molecular complexity index is 521. The van der Waals surface area contributed by atoms with E-state index in [0.29, 0.717) is 11.0 Å². The van der Waals surface area contributed by atoms with E-state index in [1.165, 1.54) is 6.20 Å². The van der Waals surface area contributed by atoms with Crippen molar-refractivity contribution in [2.24, 2.45) is 7.05 Å². The van der Waals surface area contributed by atoms with Crippen LogP contribution >= 0.6 is 11.6 Å². The zero-order valence-corrected chi connectivity index (χ0v) is 7.99. The molecule has 0 fully saturated rings. The molecule has 0 saturated heterocycles. The Balaban J connectivity index is 2.88. The van der Waals surface area contributed by atoms with Crippen LogP contribution in [-0.2, 0) is 7.05 Å². The molecule has 2 heterocycles. The van der Waals surface area contributed by atoms with Gasteiger partial charge in [-0.05, 0) is 17.7 Å². The lowest BCUT2D eigenvalue weighted by Crippen LogP contribution is -2.00. The number of hydrogen-bond acceptors (Lipinski definition) is 3. The fourth-order valence-corrected chi connectivity index (χ4v) is 1.42. The first kappa shape index (κ1) is 8.96. The van der Waals surface area contributed by atoms with Gasteiger partial charge in [0.25, 0.3) is 0 Å². The van der Waals surface area contributed by atoms with Crippen molar-refractivity contribution >= 4 is 28.6 Å². The normalized spacial score (nSPS) is 10.7. The van der Waals surface area contributed by atoms with Gasteiger partial charge >= 0.3 is 5.97 Å². The van der Waals surface area contributed by atoms with E-state index < -0.39 is 5.97 Å². The predicted molar refractivity (Wildman–Crippen MR) is 50.5 cm³/mol. The maximum absolute atomic E-state index is 10.8. The number of hydrogen-bond donors (Lipinski definition) is 1. The second-order valence-electron chi connectivity index (χ2n) is 2.77. The molecule has 5 nitrogen and oxygen atoms in total. The molecular formula is C8H6ClN3O2. The zero-order valence-electron chi connectivity index (χ0n) is 7.23. The average molecular weight is 212 g/mol. The Morgan fingerprint density at radius 2 is 2.36 bits per heavy atom. The number of rotatable bonds is 1. The zero-order chi connectivity index (χ0) is 10.3. The molecule has 72 valence electrons. The van der Waals surface area contributed by atoms with E-state index in [2.05, 4.69) is 9.97 Å². The van der Waals surface area contributed by atoms with Gasteiger partial charge in [0, 0.05) is 13.2 Å². The molecule has 0 unspecified atom stereocenters. The molecule has 14 heavy (non-hydrogen) atoms. The first-order valence-electron chi connectivity index (χ1n) is 3.81. The molecular weight excluding hydrogens is 206 g/mol. The van der Waals surface area contributed by atoms with E-state index in [0.717, 1.165) is 0 Å². The summed E-state index contributed by atoms with van der Waals surface area (Å²) in [4.78, 5) is 18.4. The molecule has 0 aromatic carbocycles. The standard InChI is InChI=1S/C8H6ClN3O2/c1-12-4-2-3-10-6(7(13)14)5(4)11-8(12)9/h2-3H,1H3,(H,13,14). The molecule has 0 spiro atoms. The number of nitrogens with zero attached hydrogens (tertiary/aromatic N) is 3. The summed E-state index contributed by atoms with van der Waals surface area (Å²) in [6.45, 7) is 0. The van der Waals surface area contributed by atoms with Crippen LogP contribution in [0.2, 0.25) is 5.28 Å². The summed E-state index contributed by atoms with van der Waals surface area (Å²) < 4.78 is 1.60. The number of carbonyl (C=O) groups is 1. The maximum atomic E-state index is 10.8. The van der Waals surface area contributed by atoms with Gasteiger partial charge in [0.05, 0.1) is 5.52 Å². The van der Waals surface area contributed by atoms with E-state index in [4.69, 9.17) is 16.7 Å². The highest BCUT2D eigenvalue weighted by molar-refractivity contribution is 6.29. The van der Waals surface area contributed by atoms with Gasteiger partial charge in [-0.1, -0.05) is 0 Å². The first-order valence-corrected chi connectivity index (χ1v) is 4.19. The molecule has 0 bridgehead atoms. The molecule has 2 aromatic heterocycles. The molecule has 1 N–H and O–H groups in total. The molecule has 0 aliphatic rings. The molecule has 2 aromatic rings. The highest BCUT2D eigenvalue weighted by Gasteiger charge is 2.15. The third-order valence-corrected chi connectivity index (χ3v) is 2.29. The first-order chi connectivity index (χ1) is 6.61. The Kier molecular flexibility index (Phi) is 1.89. The number of carboxylic acid groups (broad SMARTS) is 1. The van der Waals surface area contributed by atoms with Gasteiger partial charge in [-0.3, -0.25) is 0 Å². The summed E-state index contributed by atoms with van der Waals surface area (Å²) in [5.74, 6) is -1.11. The molecule has 6 heteroatoms. The minimum absolute atomic E-state index is 0.0787. The SMILES string of the molecule is Cn1c(Cl)nc2c(C(=O)O)nccc21. The molecule has 0 aliphatic carbocycles. The van der Waals surface area contributed by atoms with Gasteiger partial charge in [0.2, 0.25) is 5.28 Å². The van der Waals surface area contributed by atoms with Crippen LogP contribution < -0.4 is 0 Å². The van der Waals surface area contributed by atoms with Crippen molar-refractivity contribution < 1.29 is 9.90 Å². The second-order valence-corrected chi connectivity index (χ2v) is 3.11. The summed E-state index contributed by atoms with van der Waals surface area (Å²) in [7, 11) is 1.71. The minimum atomic E-state index is -1.11. The monoisotopic (exact) mass is 211 g/mol. The Morgan fingerprint density at radius 3 is 3.00 bits per heavy atom. The summed E-state index contributed by atoms with van der Waals surface area (Å²) in [6, 6.07) is 1.67. The predicted octanol–water partition coefficient (Wildman–Crippen LogP) is 1.32. The Labute approximate surface area is 84.0 Å². The van der Waals surface area contributed by atoms with Gasteiger partial charge < -0.3 is 9.67 Å². The number of aromatic nitrogens is 3. The third kappa shape index (κ3) is 1.13. The lowest BCUT2D eigenvalue weighted by atomic mass is 10.3. The molecule has 2 rings (SSSR count). The largest absolute Gasteiger partial charge is 0.476 e. The van der Waals surface area contributed by atoms with Gasteiger partial charge in [0.1, 0.15) is 5.52 Å². The number of pyridine rings is 1. The van der Waals surface area contributed by atoms with E-state index in [9.17, 15) is 4.79 Å². The highest BCUT2D eigenvalue weighted by Crippen LogP contribution is 2.19. The quantitative estimate of drug-likeness (QED) is 0.773. The van der Waals surface area contributed by atoms with Crippen LogP contribution in [0.3, 0.4) is 0 Å². The number of aromatic carboxylic acids is 1. The maximum Gasteiger partial charge on any atom is 0.356 e. The van der Waals surface area contributed by atoms with Crippen molar-refractivity contribution in [2.45, 2.75) is 0 Å². The smallest absolute Gasteiger partial charge is 0.356 e. The number of fused-ring (bicyclic) bond motifs is 1. The van der Waals surface area contributed by atoms with Crippen molar-refractivity contribution in [1.29, 1.82) is 0 Å². The summed E-state index contributed by atoms with van der Waals surface area (Å²) in [5, 5.41) is 9.07. The van der Waals surface area contributed by atoms with Crippen LogP contribution in [0.15, 0.2) is 12.3 Å². The van der Waals surface area contributed by atoms with Crippen molar-refractivity contribution in [2.75, 3.05) is 0 Å². The van der Waals surface area contributed by atoms with E-state index in [1.807, 2.05) is 0 Å². The lowest BCUT2D eigenvalue weighted by molar-refractivity contribution is 0.0692. The Morgan fingerprint density at radius 1 is 1.64 bits per heavy atom. The van der Waals surface area contributed by atoms with Crippen LogP contribution in [0.1, 0.15) is 10.5 Å². The summed E-state index contributed by atoms with van der Waals surface area (Å²) >= 11 is 5.76. The van der Waals surface area contributed by atoms with Crippen LogP contribution in [0, 0.1) is 0 Å². The van der Waals surface area contributed by atoms with Gasteiger partial charge in [-0.2, -0.15) is 0 Å². The molecule has 0 atom stereocenters. The van der Waals surface area contributed by atoms with E-state index in [1.54, 1.807) is 17.7 Å². The lowest BCUT2D eigenvalue weighted by Gasteiger charge is -1.95. The van der Waals surface area contributed by atoms with Crippen molar-refractivity contribution in [3.05, 3.63) is 23.2 Å². The summed E-state index contributed by atoms with van der Waals surface area (Å²) in [5.41, 5.74) is 0.889. The number of aryl methyl sites for hydroxylation is 1. The fraction of sp³-hybridized carbons (Fsp3) is 0.125. The van der Waals surface area contributed by atoms with Gasteiger partial charge in [0.15, 0.2) is 5.69 Å². The number of carboxylic acids is 1. The highest BCUT2D eigenvalue weighted by atomic mass is 35.5. The van der Waals surface area contributed by atoms with Crippen molar-refractivity contribution in [1.82, 2.24) is 14.5 Å². The summed E-state index contributed by atoms with van der Waals surface area (Å²) in [6.07, 6.45) is 1.42. The van der Waals surface area contributed by atoms with Crippen LogP contribution in [0.25, 0.3) is 11.0 Å². The van der Waals surface area contributed by atoms with Crippen LogP contribution in [-0.4, -0.2) is 25.6 Å². The van der Waals surface area contributed by atoms with E-state index >= 15 is 0 Å². The minimum Gasteiger partial charge on any atom is -0.476 e. The number of imidazole rings is 1. The van der Waals surface area contributed by atoms with Crippen molar-refractivity contribution in [3.63, 3.8) is 0 Å². The topological polar surface area (TPSA) is 68.0 Å². The second kappa shape index (κ2) is 2.95.